The first kappa shape index (κ1) is 44.7. The Morgan fingerprint density at radius 1 is 0.848 bits per heavy atom. The summed E-state index contributed by atoms with van der Waals surface area (Å²) in [4.78, 5) is 96.0. The van der Waals surface area contributed by atoms with Gasteiger partial charge in [-0.3, -0.25) is 48.9 Å². The molecule has 1 atom stereocenters. The smallest absolute Gasteiger partial charge is 0.417 e. The molecule has 66 heavy (non-hydrogen) atoms. The molecule has 0 radical (unpaired) electrons. The van der Waals surface area contributed by atoms with Crippen LogP contribution in [0.5, 0.6) is 17.2 Å². The quantitative estimate of drug-likeness (QED) is 0.0876. The molecule has 0 saturated carbocycles. The minimum atomic E-state index is -1.16. The molecule has 18 heteroatoms. The zero-order valence-corrected chi connectivity index (χ0v) is 37.0. The van der Waals surface area contributed by atoms with Crippen molar-refractivity contribution < 1.29 is 48.5 Å². The number of hydrogen-bond acceptors (Lipinski definition) is 13. The number of ether oxygens (including phenoxy) is 1. The lowest BCUT2D eigenvalue weighted by Crippen LogP contribution is -2.54. The van der Waals surface area contributed by atoms with Gasteiger partial charge in [-0.05, 0) is 104 Å². The molecule has 0 spiro atoms. The number of carbonyl (C=O) groups excluding carboxylic acids is 7. The van der Waals surface area contributed by atoms with Gasteiger partial charge in [0.2, 0.25) is 23.4 Å². The van der Waals surface area contributed by atoms with Crippen molar-refractivity contribution in [2.45, 2.75) is 72.3 Å². The number of nitrogens with one attached hydrogen (secondary N) is 2. The molecule has 3 aliphatic rings. The number of aryl methyl sites for hydroxylation is 2. The van der Waals surface area contributed by atoms with Gasteiger partial charge in [0.15, 0.2) is 5.82 Å². The number of nitrogens with zero attached hydrogens (tertiary/aromatic N) is 6. The summed E-state index contributed by atoms with van der Waals surface area (Å²) in [5.74, 6) is -2.85. The van der Waals surface area contributed by atoms with Crippen LogP contribution in [0.4, 0.5) is 16.2 Å². The van der Waals surface area contributed by atoms with Gasteiger partial charge in [-0.25, -0.2) is 4.79 Å². The second kappa shape index (κ2) is 17.9. The third-order valence-corrected chi connectivity index (χ3v) is 12.0. The zero-order valence-electron chi connectivity index (χ0n) is 37.0. The van der Waals surface area contributed by atoms with Gasteiger partial charge in [-0.1, -0.05) is 26.8 Å². The van der Waals surface area contributed by atoms with Crippen LogP contribution in [0.3, 0.4) is 0 Å². The van der Waals surface area contributed by atoms with E-state index >= 15 is 0 Å². The lowest BCUT2D eigenvalue weighted by atomic mass is 9.98. The van der Waals surface area contributed by atoms with Gasteiger partial charge in [-0.2, -0.15) is 0 Å². The molecule has 6 amide bonds. The van der Waals surface area contributed by atoms with Crippen LogP contribution >= 0.6 is 0 Å². The number of amides is 6. The number of Topliss-reactive ketones (excluding diaryl/α,β-unsaturated/α-hetero) is 1. The number of rotatable bonds is 11. The summed E-state index contributed by atoms with van der Waals surface area (Å²) in [6, 6.07) is 16.7. The number of aromatic nitrogens is 3. The minimum Gasteiger partial charge on any atom is -0.508 e. The molecule has 0 aliphatic carbocycles. The predicted molar refractivity (Wildman–Crippen MR) is 240 cm³/mol. The third-order valence-electron chi connectivity index (χ3n) is 12.0. The maximum absolute atomic E-state index is 13.8. The number of fused-ring (bicyclic) bond motifs is 1. The molecule has 0 bridgehead atoms. The van der Waals surface area contributed by atoms with E-state index in [1.54, 1.807) is 53.6 Å². The van der Waals surface area contributed by atoms with E-state index in [-0.39, 0.29) is 76.8 Å². The monoisotopic (exact) mass is 896 g/mol. The fourth-order valence-corrected chi connectivity index (χ4v) is 8.68. The summed E-state index contributed by atoms with van der Waals surface area (Å²) in [5, 5.41) is 34.6. The van der Waals surface area contributed by atoms with Crippen molar-refractivity contribution in [1.82, 2.24) is 29.9 Å². The normalized spacial score (nSPS) is 16.2. The first-order valence-electron chi connectivity index (χ1n) is 21.7. The Labute approximate surface area is 379 Å². The summed E-state index contributed by atoms with van der Waals surface area (Å²) in [6.45, 7) is 11.2. The van der Waals surface area contributed by atoms with Crippen LogP contribution in [0.15, 0.2) is 66.7 Å². The Morgan fingerprint density at radius 2 is 1.55 bits per heavy atom. The molecule has 1 unspecified atom stereocenters. The Morgan fingerprint density at radius 3 is 2.20 bits per heavy atom. The molecular formula is C48H48N8O10. The molecule has 4 aromatic carbocycles. The number of carbonyl (C=O) groups is 7. The Bertz CT molecular complexity index is 2820. The number of phenols is 2. The first-order chi connectivity index (χ1) is 31.6. The molecule has 4 N–H and O–H groups in total. The summed E-state index contributed by atoms with van der Waals surface area (Å²) in [7, 11) is 0. The van der Waals surface area contributed by atoms with Crippen molar-refractivity contribution in [3.8, 4) is 34.3 Å². The largest absolute Gasteiger partial charge is 0.508 e. The number of phenolic OH excluding ortho intramolecular Hbond substituents is 2. The number of imide groups is 2. The van der Waals surface area contributed by atoms with E-state index in [1.165, 1.54) is 24.3 Å². The first-order valence-corrected chi connectivity index (χ1v) is 21.7. The lowest BCUT2D eigenvalue weighted by Gasteiger charge is -2.36. The molecule has 5 aromatic rings. The molecule has 4 heterocycles. The molecule has 3 aliphatic heterocycles. The van der Waals surface area contributed by atoms with E-state index in [9.17, 15) is 43.8 Å². The minimum absolute atomic E-state index is 0.00477. The van der Waals surface area contributed by atoms with Crippen molar-refractivity contribution >= 4 is 52.8 Å². The van der Waals surface area contributed by atoms with Crippen LogP contribution in [0.25, 0.3) is 17.1 Å². The van der Waals surface area contributed by atoms with Crippen molar-refractivity contribution in [2.75, 3.05) is 36.4 Å². The fourth-order valence-electron chi connectivity index (χ4n) is 8.68. The van der Waals surface area contributed by atoms with E-state index in [0.29, 0.717) is 71.9 Å². The highest BCUT2D eigenvalue weighted by Crippen LogP contribution is 2.39. The van der Waals surface area contributed by atoms with Crippen LogP contribution in [-0.2, 0) is 9.59 Å². The molecule has 340 valence electrons. The van der Waals surface area contributed by atoms with Crippen molar-refractivity contribution in [2.24, 2.45) is 0 Å². The second-order valence-electron chi connectivity index (χ2n) is 16.9. The number of anilines is 2. The topological polar surface area (TPSA) is 234 Å². The van der Waals surface area contributed by atoms with Crippen molar-refractivity contribution in [3.05, 3.63) is 106 Å². The number of piperidine rings is 1. The molecule has 8 rings (SSSR count). The average Bonchev–Trinajstić information content (AvgIpc) is 3.83. The van der Waals surface area contributed by atoms with Crippen LogP contribution < -0.4 is 20.3 Å². The van der Waals surface area contributed by atoms with Gasteiger partial charge < -0.3 is 24.7 Å². The maximum Gasteiger partial charge on any atom is 0.417 e. The van der Waals surface area contributed by atoms with Crippen molar-refractivity contribution in [3.63, 3.8) is 0 Å². The molecule has 1 aromatic heterocycles. The standard InChI is InChI=1S/C48H48N8O10/c1-6-8-36(57)43-52-51-42(33-23-32(25(2)3)37(58)24-38(33)59)55(43)29-13-11-28(12-14-29)45(62)54-19-17-53(18-20-54)30-21-26(4)41(27(5)22-30)66-48(65)49-34-10-7-9-31-40(34)47(64)56(46(31)63)35-15-16-39(60)50-44(35)61/h7,9-14,21-25,35,58-59H,6,8,15-20H2,1-5H3,(H,49,65)(H,50,60,61). The number of benzene rings is 4. The Hall–Kier alpha value is -7.89. The Kier molecular flexibility index (Phi) is 12.2. The highest BCUT2D eigenvalue weighted by Gasteiger charge is 2.46. The van der Waals surface area contributed by atoms with Crippen LogP contribution in [0.1, 0.15) is 111 Å². The summed E-state index contributed by atoms with van der Waals surface area (Å²) >= 11 is 0. The van der Waals surface area contributed by atoms with Crippen molar-refractivity contribution in [1.29, 1.82) is 0 Å². The number of aromatic hydroxyl groups is 2. The van der Waals surface area contributed by atoms with Crippen LogP contribution in [0.2, 0.25) is 0 Å². The van der Waals surface area contributed by atoms with E-state index in [0.717, 1.165) is 10.6 Å². The predicted octanol–water partition coefficient (Wildman–Crippen LogP) is 6.04. The summed E-state index contributed by atoms with van der Waals surface area (Å²) in [5.41, 5.74) is 3.99. The van der Waals surface area contributed by atoms with Gasteiger partial charge in [0, 0.05) is 62.0 Å². The third kappa shape index (κ3) is 8.32. The second-order valence-corrected chi connectivity index (χ2v) is 16.9. The fraction of sp³-hybridized carbons (Fsp3) is 0.312. The SMILES string of the molecule is CCCC(=O)c1nnc(-c2cc(C(C)C)c(O)cc2O)n1-c1ccc(C(=O)N2CCN(c3cc(C)c(OC(=O)Nc4cccc5c4C(=O)N(C4CCC(=O)NC4=O)C5=O)c(C)c3)CC2)cc1. The van der Waals surface area contributed by atoms with E-state index < -0.39 is 35.8 Å². The number of hydrogen-bond donors (Lipinski definition) is 4. The highest BCUT2D eigenvalue weighted by atomic mass is 16.6. The Balaban J connectivity index is 0.922. The molecular weight excluding hydrogens is 849 g/mol. The number of ketones is 1. The van der Waals surface area contributed by atoms with E-state index in [4.69, 9.17) is 4.74 Å². The molecule has 2 saturated heterocycles. The maximum atomic E-state index is 13.8. The van der Waals surface area contributed by atoms with Gasteiger partial charge in [0.1, 0.15) is 23.3 Å². The van der Waals surface area contributed by atoms with Gasteiger partial charge in [0.05, 0.1) is 22.4 Å². The lowest BCUT2D eigenvalue weighted by molar-refractivity contribution is -0.136. The summed E-state index contributed by atoms with van der Waals surface area (Å²) in [6.07, 6.45) is -0.104. The van der Waals surface area contributed by atoms with Crippen LogP contribution in [0, 0.1) is 13.8 Å². The van der Waals surface area contributed by atoms with Gasteiger partial charge >= 0.3 is 6.09 Å². The van der Waals surface area contributed by atoms with Gasteiger partial charge in [-0.15, -0.1) is 10.2 Å². The zero-order chi connectivity index (χ0) is 47.1. The molecule has 2 fully saturated rings. The highest BCUT2D eigenvalue weighted by molar-refractivity contribution is 6.26. The molecule has 18 nitrogen and oxygen atoms in total. The van der Waals surface area contributed by atoms with E-state index in [1.807, 2.05) is 32.9 Å². The number of piperazine rings is 1. The summed E-state index contributed by atoms with van der Waals surface area (Å²) < 4.78 is 7.31. The van der Waals surface area contributed by atoms with Crippen LogP contribution in [-0.4, -0.2) is 108 Å². The van der Waals surface area contributed by atoms with Gasteiger partial charge in [0.25, 0.3) is 17.7 Å². The average molecular weight is 897 g/mol. The van der Waals surface area contributed by atoms with E-state index in [2.05, 4.69) is 25.7 Å².